The number of likely N-dealkylation sites (N-methyl/N-ethyl adjacent to an activating group) is 1. The SMILES string of the molecule is COCOc1c(OC)c(C)cc2c1[C@@H]1Cc3c(O)c(C)c4c(c3[C@H](CNC(=O)[C@H](C)NC(=O)OC(C)(C)C)N1[C@@H](C#N)[C@@H](N(C)C)C2)OCO4. The fourth-order valence-corrected chi connectivity index (χ4v) is 7.38. The first-order valence-electron chi connectivity index (χ1n) is 16.7. The van der Waals surface area contributed by atoms with Gasteiger partial charge in [-0.1, -0.05) is 6.07 Å². The highest BCUT2D eigenvalue weighted by molar-refractivity contribution is 5.85. The molecule has 0 unspecified atom stereocenters. The van der Waals surface area contributed by atoms with Crippen LogP contribution in [0.2, 0.25) is 0 Å². The van der Waals surface area contributed by atoms with Gasteiger partial charge in [-0.3, -0.25) is 9.69 Å². The molecule has 2 aromatic carbocycles. The second kappa shape index (κ2) is 14.4. The van der Waals surface area contributed by atoms with Crippen molar-refractivity contribution in [1.82, 2.24) is 20.4 Å². The number of phenols is 1. The number of phenolic OH excluding ortho intramolecular Hbond substituents is 1. The number of benzene rings is 2. The van der Waals surface area contributed by atoms with Gasteiger partial charge in [-0.15, -0.1) is 0 Å². The highest BCUT2D eigenvalue weighted by atomic mass is 16.7. The number of nitrogens with zero attached hydrogens (tertiary/aromatic N) is 3. The van der Waals surface area contributed by atoms with Crippen LogP contribution in [0.1, 0.15) is 73.2 Å². The lowest BCUT2D eigenvalue weighted by molar-refractivity contribution is -0.123. The van der Waals surface area contributed by atoms with Crippen molar-refractivity contribution in [1.29, 1.82) is 5.26 Å². The number of aryl methyl sites for hydroxylation is 1. The van der Waals surface area contributed by atoms with Crippen LogP contribution in [0.5, 0.6) is 28.7 Å². The Kier molecular flexibility index (Phi) is 10.6. The summed E-state index contributed by atoms with van der Waals surface area (Å²) in [5, 5.41) is 28.3. The third-order valence-corrected chi connectivity index (χ3v) is 9.53. The summed E-state index contributed by atoms with van der Waals surface area (Å²) in [4.78, 5) is 30.2. The molecule has 0 fully saturated rings. The fourth-order valence-electron chi connectivity index (χ4n) is 7.38. The number of ether oxygens (including phenoxy) is 6. The number of nitrogens with one attached hydrogen (secondary N) is 2. The van der Waals surface area contributed by atoms with Crippen LogP contribution in [0, 0.1) is 25.2 Å². The van der Waals surface area contributed by atoms with E-state index in [1.165, 1.54) is 0 Å². The number of fused-ring (bicyclic) bond motifs is 6. The molecule has 14 heteroatoms. The van der Waals surface area contributed by atoms with Crippen molar-refractivity contribution in [3.63, 3.8) is 0 Å². The molecule has 3 heterocycles. The molecular formula is C36H49N5O9. The Hall–Kier alpha value is -4.45. The molecule has 0 radical (unpaired) electrons. The lowest BCUT2D eigenvalue weighted by Crippen LogP contribution is -2.55. The molecule has 0 saturated carbocycles. The van der Waals surface area contributed by atoms with Crippen molar-refractivity contribution < 1.29 is 43.1 Å². The molecule has 3 aliphatic heterocycles. The Morgan fingerprint density at radius 3 is 2.46 bits per heavy atom. The molecule has 0 aliphatic carbocycles. The number of nitriles is 1. The minimum atomic E-state index is -0.937. The van der Waals surface area contributed by atoms with Crippen molar-refractivity contribution in [2.75, 3.05) is 48.4 Å². The van der Waals surface area contributed by atoms with Gasteiger partial charge in [0.15, 0.2) is 29.8 Å². The van der Waals surface area contributed by atoms with Gasteiger partial charge < -0.3 is 49.1 Å². The maximum Gasteiger partial charge on any atom is 0.408 e. The number of aromatic hydroxyl groups is 1. The monoisotopic (exact) mass is 695 g/mol. The van der Waals surface area contributed by atoms with E-state index in [1.807, 2.05) is 25.9 Å². The van der Waals surface area contributed by atoms with Crippen molar-refractivity contribution in [2.24, 2.45) is 0 Å². The lowest BCUT2D eigenvalue weighted by Gasteiger charge is -2.47. The molecule has 0 spiro atoms. The first kappa shape index (κ1) is 36.8. The van der Waals surface area contributed by atoms with E-state index in [0.717, 1.165) is 16.7 Å². The lowest BCUT2D eigenvalue weighted by atomic mass is 9.81. The Morgan fingerprint density at radius 2 is 1.84 bits per heavy atom. The number of carbonyl (C=O) groups excluding carboxylic acids is 2. The van der Waals surface area contributed by atoms with E-state index in [4.69, 9.17) is 28.4 Å². The average molecular weight is 696 g/mol. The molecular weight excluding hydrogens is 646 g/mol. The topological polar surface area (TPSA) is 164 Å². The number of rotatable bonds is 9. The zero-order valence-electron chi connectivity index (χ0n) is 30.6. The van der Waals surface area contributed by atoms with Crippen LogP contribution in [0.4, 0.5) is 4.79 Å². The van der Waals surface area contributed by atoms with E-state index in [0.29, 0.717) is 52.5 Å². The molecule has 3 N–H and O–H groups in total. The standard InChI is InChI=1S/C36H49N5O9/c1-18-11-21-12-23(40(7)8)25(14-37)41-24(27(21)32(30(18)46-10)47-16-45-9)13-22-28(33-31(48-17-49-33)19(2)29(22)42)26(41)15-38-34(43)20(3)39-35(44)50-36(4,5)6/h11,20,23-26,42H,12-13,15-17H2,1-10H3,(H,38,43)(H,39,44)/t20-,23-,24-,25-,26-/m0/s1. The maximum absolute atomic E-state index is 13.6. The highest BCUT2D eigenvalue weighted by Crippen LogP contribution is 2.57. The van der Waals surface area contributed by atoms with E-state index < -0.39 is 41.8 Å². The second-order valence-corrected chi connectivity index (χ2v) is 14.2. The van der Waals surface area contributed by atoms with E-state index in [9.17, 15) is 20.0 Å². The smallest absolute Gasteiger partial charge is 0.408 e. The number of carbonyl (C=O) groups is 2. The number of hydrogen-bond donors (Lipinski definition) is 3. The minimum Gasteiger partial charge on any atom is -0.507 e. The zero-order valence-corrected chi connectivity index (χ0v) is 30.6. The summed E-state index contributed by atoms with van der Waals surface area (Å²) in [5.74, 6) is 1.52. The number of amides is 2. The van der Waals surface area contributed by atoms with Gasteiger partial charge in [0.25, 0.3) is 0 Å². The predicted molar refractivity (Wildman–Crippen MR) is 183 cm³/mol. The summed E-state index contributed by atoms with van der Waals surface area (Å²) < 4.78 is 34.8. The number of methoxy groups -OCH3 is 2. The fraction of sp³-hybridized carbons (Fsp3) is 0.583. The highest BCUT2D eigenvalue weighted by Gasteiger charge is 2.50. The minimum absolute atomic E-state index is 0.00585. The molecule has 0 aromatic heterocycles. The summed E-state index contributed by atoms with van der Waals surface area (Å²) in [5.41, 5.74) is 3.70. The average Bonchev–Trinajstić information content (AvgIpc) is 3.48. The van der Waals surface area contributed by atoms with Crippen LogP contribution in [0.25, 0.3) is 0 Å². The second-order valence-electron chi connectivity index (χ2n) is 14.2. The Morgan fingerprint density at radius 1 is 1.14 bits per heavy atom. The molecule has 2 aromatic rings. The maximum atomic E-state index is 13.6. The van der Waals surface area contributed by atoms with Crippen LogP contribution < -0.4 is 29.6 Å². The Labute approximate surface area is 293 Å². The normalized spacial score (nSPS) is 21.6. The molecule has 2 amide bonds. The first-order chi connectivity index (χ1) is 23.6. The number of alkyl carbamates (subject to hydrolysis) is 1. The molecule has 5 atom stereocenters. The largest absolute Gasteiger partial charge is 0.507 e. The molecule has 0 saturated heterocycles. The van der Waals surface area contributed by atoms with Crippen LogP contribution in [-0.2, 0) is 27.1 Å². The van der Waals surface area contributed by atoms with Crippen LogP contribution in [0.15, 0.2) is 6.07 Å². The van der Waals surface area contributed by atoms with E-state index >= 15 is 0 Å². The summed E-state index contributed by atoms with van der Waals surface area (Å²) in [6, 6.07) is 1.54. The van der Waals surface area contributed by atoms with Crippen LogP contribution >= 0.6 is 0 Å². The molecule has 272 valence electrons. The third-order valence-electron chi connectivity index (χ3n) is 9.53. The molecule has 50 heavy (non-hydrogen) atoms. The molecule has 3 aliphatic rings. The van der Waals surface area contributed by atoms with E-state index in [1.54, 1.807) is 48.8 Å². The van der Waals surface area contributed by atoms with Gasteiger partial charge in [-0.25, -0.2) is 4.79 Å². The van der Waals surface area contributed by atoms with Gasteiger partial charge in [0, 0.05) is 48.0 Å². The summed E-state index contributed by atoms with van der Waals surface area (Å²) in [6.45, 7) is 10.4. The molecule has 0 bridgehead atoms. The Bertz CT molecular complexity index is 1680. The number of hydrogen-bond acceptors (Lipinski definition) is 12. The predicted octanol–water partition coefficient (Wildman–Crippen LogP) is 3.78. The van der Waals surface area contributed by atoms with Gasteiger partial charge in [0.1, 0.15) is 23.4 Å². The zero-order chi connectivity index (χ0) is 36.7. The summed E-state index contributed by atoms with van der Waals surface area (Å²) in [7, 11) is 7.01. The quantitative estimate of drug-likeness (QED) is 0.326. The van der Waals surface area contributed by atoms with E-state index in [2.05, 4.69) is 27.7 Å². The van der Waals surface area contributed by atoms with Gasteiger partial charge in [-0.2, -0.15) is 5.26 Å². The summed E-state index contributed by atoms with van der Waals surface area (Å²) >= 11 is 0. The van der Waals surface area contributed by atoms with E-state index in [-0.39, 0.29) is 31.9 Å². The van der Waals surface area contributed by atoms with Crippen molar-refractivity contribution in [3.05, 3.63) is 39.4 Å². The van der Waals surface area contributed by atoms with Crippen molar-refractivity contribution in [3.8, 4) is 34.8 Å². The van der Waals surface area contributed by atoms with Crippen LogP contribution in [0.3, 0.4) is 0 Å². The van der Waals surface area contributed by atoms with Gasteiger partial charge in [0.05, 0.1) is 19.2 Å². The third kappa shape index (κ3) is 6.82. The van der Waals surface area contributed by atoms with Crippen molar-refractivity contribution >= 4 is 12.0 Å². The summed E-state index contributed by atoms with van der Waals surface area (Å²) in [6.07, 6.45) is 0.0828. The van der Waals surface area contributed by atoms with Crippen LogP contribution in [-0.4, -0.2) is 99.1 Å². The van der Waals surface area contributed by atoms with Gasteiger partial charge in [-0.05, 0) is 79.6 Å². The van der Waals surface area contributed by atoms with Crippen molar-refractivity contribution in [2.45, 2.75) is 90.2 Å². The molecule has 14 nitrogen and oxygen atoms in total. The van der Waals surface area contributed by atoms with Gasteiger partial charge in [0.2, 0.25) is 12.7 Å². The first-order valence-corrected chi connectivity index (χ1v) is 16.7. The molecule has 5 rings (SSSR count). The Balaban J connectivity index is 1.69. The van der Waals surface area contributed by atoms with Gasteiger partial charge >= 0.3 is 6.09 Å².